The molecule has 0 saturated carbocycles. The molecule has 194 valence electrons. The number of anilines is 2. The van der Waals surface area contributed by atoms with Gasteiger partial charge in [-0.1, -0.05) is 48.0 Å². The van der Waals surface area contributed by atoms with Crippen molar-refractivity contribution in [3.05, 3.63) is 103 Å². The maximum Gasteiger partial charge on any atom is 0.219 e. The average Bonchev–Trinajstić information content (AvgIpc) is 3.61. The lowest BCUT2D eigenvalue weighted by Crippen LogP contribution is -2.00. The van der Waals surface area contributed by atoms with Crippen molar-refractivity contribution >= 4 is 55.4 Å². The van der Waals surface area contributed by atoms with Crippen LogP contribution in [0.3, 0.4) is 0 Å². The van der Waals surface area contributed by atoms with Gasteiger partial charge in [0.05, 0.1) is 45.2 Å². The third kappa shape index (κ3) is 4.51. The fourth-order valence-corrected chi connectivity index (χ4v) is 5.74. The molecule has 2 aromatic carbocycles. The Morgan fingerprint density at radius 2 is 1.75 bits per heavy atom. The summed E-state index contributed by atoms with van der Waals surface area (Å²) >= 11 is 7.69. The van der Waals surface area contributed by atoms with E-state index in [0.717, 1.165) is 48.5 Å². The zero-order chi connectivity index (χ0) is 27.1. The topological polar surface area (TPSA) is 90.6 Å². The summed E-state index contributed by atoms with van der Waals surface area (Å²) in [4.78, 5) is 14.3. The maximum atomic E-state index is 6.17. The Morgan fingerprint density at radius 3 is 2.52 bits per heavy atom. The molecule has 7 rings (SSSR count). The Bertz CT molecular complexity index is 1980. The largest absolute Gasteiger partial charge is 0.437 e. The molecule has 0 unspecified atom stereocenters. The minimum atomic E-state index is 0.475. The number of fused-ring (bicyclic) bond motifs is 2. The van der Waals surface area contributed by atoms with Crippen LogP contribution in [0.25, 0.3) is 42.8 Å². The second-order valence-corrected chi connectivity index (χ2v) is 10.6. The summed E-state index contributed by atoms with van der Waals surface area (Å²) in [6.07, 6.45) is 7.08. The number of rotatable bonds is 6. The van der Waals surface area contributed by atoms with Crippen molar-refractivity contribution in [2.45, 2.75) is 0 Å². The summed E-state index contributed by atoms with van der Waals surface area (Å²) in [5.41, 5.74) is 4.40. The first kappa shape index (κ1) is 24.2. The van der Waals surface area contributed by atoms with E-state index in [1.54, 1.807) is 30.1 Å². The number of nitrogens with zero attached hydrogens (tertiary/aromatic N) is 6. The van der Waals surface area contributed by atoms with Crippen LogP contribution >= 0.6 is 22.9 Å². The molecule has 0 aliphatic carbocycles. The molecule has 5 heterocycles. The van der Waals surface area contributed by atoms with Gasteiger partial charge in [-0.2, -0.15) is 0 Å². The zero-order valence-electron chi connectivity index (χ0n) is 21.1. The molecule has 0 fully saturated rings. The number of hydrogen-bond acceptors (Lipinski definition) is 8. The lowest BCUT2D eigenvalue weighted by atomic mass is 10.0. The van der Waals surface area contributed by atoms with Gasteiger partial charge in [-0.15, -0.1) is 21.5 Å². The van der Waals surface area contributed by atoms with Crippen LogP contribution in [0.1, 0.15) is 0 Å². The number of imidazole rings is 1. The first-order chi connectivity index (χ1) is 19.6. The highest BCUT2D eigenvalue weighted by Crippen LogP contribution is 2.39. The van der Waals surface area contributed by atoms with E-state index in [-0.39, 0.29) is 0 Å². The molecule has 0 aliphatic rings. The van der Waals surface area contributed by atoms with E-state index in [0.29, 0.717) is 22.5 Å². The number of aryl methyl sites for hydroxylation is 1. The summed E-state index contributed by atoms with van der Waals surface area (Å²) in [6, 6.07) is 23.2. The van der Waals surface area contributed by atoms with Crippen molar-refractivity contribution in [2.24, 2.45) is 7.05 Å². The Hall–Kier alpha value is -4.86. The van der Waals surface area contributed by atoms with Crippen molar-refractivity contribution in [1.82, 2.24) is 29.7 Å². The molecular formula is C30H20ClN7OS. The molecule has 8 nitrogen and oxygen atoms in total. The van der Waals surface area contributed by atoms with E-state index in [1.165, 1.54) is 0 Å². The molecule has 0 saturated heterocycles. The van der Waals surface area contributed by atoms with E-state index in [2.05, 4.69) is 30.5 Å². The van der Waals surface area contributed by atoms with E-state index in [9.17, 15) is 0 Å². The summed E-state index contributed by atoms with van der Waals surface area (Å²) in [5.74, 6) is 1.81. The van der Waals surface area contributed by atoms with Crippen LogP contribution in [0.15, 0.2) is 97.7 Å². The molecule has 0 aliphatic heterocycles. The summed E-state index contributed by atoms with van der Waals surface area (Å²) in [6.45, 7) is 0. The van der Waals surface area contributed by atoms with Crippen LogP contribution in [-0.4, -0.2) is 29.7 Å². The van der Waals surface area contributed by atoms with Gasteiger partial charge in [0.15, 0.2) is 5.82 Å². The molecule has 1 N–H and O–H groups in total. The molecule has 0 radical (unpaired) electrons. The van der Waals surface area contributed by atoms with Crippen LogP contribution in [0, 0.1) is 0 Å². The number of nitrogens with one attached hydrogen (secondary N) is 1. The third-order valence-electron chi connectivity index (χ3n) is 6.46. The number of aromatic nitrogens is 6. The molecule has 0 bridgehead atoms. The predicted molar refractivity (Wildman–Crippen MR) is 159 cm³/mol. The Kier molecular flexibility index (Phi) is 6.07. The molecular weight excluding hydrogens is 542 g/mol. The van der Waals surface area contributed by atoms with Crippen molar-refractivity contribution in [2.75, 3.05) is 5.32 Å². The minimum Gasteiger partial charge on any atom is -0.437 e. The molecule has 0 atom stereocenters. The Labute approximate surface area is 237 Å². The highest BCUT2D eigenvalue weighted by molar-refractivity contribution is 7.22. The molecule has 10 heteroatoms. The second-order valence-electron chi connectivity index (χ2n) is 9.09. The van der Waals surface area contributed by atoms with Gasteiger partial charge in [0, 0.05) is 46.7 Å². The second kappa shape index (κ2) is 10.0. The lowest BCUT2D eigenvalue weighted by molar-refractivity contribution is 0.469. The van der Waals surface area contributed by atoms with Crippen molar-refractivity contribution in [1.29, 1.82) is 0 Å². The Morgan fingerprint density at radius 1 is 0.900 bits per heavy atom. The minimum absolute atomic E-state index is 0.475. The van der Waals surface area contributed by atoms with Crippen molar-refractivity contribution in [3.63, 3.8) is 0 Å². The van der Waals surface area contributed by atoms with Crippen LogP contribution in [0.4, 0.5) is 11.5 Å². The van der Waals surface area contributed by atoms with Gasteiger partial charge in [0.2, 0.25) is 5.88 Å². The highest BCUT2D eigenvalue weighted by Gasteiger charge is 2.14. The maximum absolute atomic E-state index is 6.17. The van der Waals surface area contributed by atoms with Crippen LogP contribution in [-0.2, 0) is 7.05 Å². The van der Waals surface area contributed by atoms with E-state index < -0.39 is 0 Å². The molecule has 7 aromatic rings. The van der Waals surface area contributed by atoms with Gasteiger partial charge in [-0.25, -0.2) is 9.97 Å². The normalized spacial score (nSPS) is 11.2. The Balaban J connectivity index is 1.14. The average molecular weight is 562 g/mol. The number of ether oxygens (including phenoxy) is 1. The highest BCUT2D eigenvalue weighted by atomic mass is 35.5. The summed E-state index contributed by atoms with van der Waals surface area (Å²) < 4.78 is 9.11. The van der Waals surface area contributed by atoms with Crippen LogP contribution in [0.5, 0.6) is 11.6 Å². The zero-order valence-corrected chi connectivity index (χ0v) is 22.7. The SMILES string of the molecule is Cn1cncc1-c1cc2nccc(Oc3ccc(Nc4nnc(-c5ccc(Cl)cc5)c5ccccc45)cn3)c2s1. The van der Waals surface area contributed by atoms with Gasteiger partial charge in [0.25, 0.3) is 0 Å². The third-order valence-corrected chi connectivity index (χ3v) is 7.88. The molecule has 5 aromatic heterocycles. The van der Waals surface area contributed by atoms with E-state index in [4.69, 9.17) is 16.3 Å². The number of hydrogen-bond donors (Lipinski definition) is 1. The van der Waals surface area contributed by atoms with Gasteiger partial charge >= 0.3 is 0 Å². The van der Waals surface area contributed by atoms with Crippen molar-refractivity contribution < 1.29 is 4.74 Å². The van der Waals surface area contributed by atoms with E-state index >= 15 is 0 Å². The smallest absolute Gasteiger partial charge is 0.219 e. The molecule has 0 spiro atoms. The van der Waals surface area contributed by atoms with Crippen molar-refractivity contribution in [3.8, 4) is 33.5 Å². The van der Waals surface area contributed by atoms with Gasteiger partial charge < -0.3 is 14.6 Å². The summed E-state index contributed by atoms with van der Waals surface area (Å²) in [7, 11) is 1.97. The first-order valence-electron chi connectivity index (χ1n) is 12.4. The standard InChI is InChI=1S/C30H20ClN7OS/c1-38-17-32-16-24(38)26-14-23-29(40-26)25(12-13-33-23)39-27-11-10-20(15-34-27)35-30-22-5-3-2-4-21(22)28(36-37-30)18-6-8-19(31)9-7-18/h2-17H,1H3,(H,35,37). The fraction of sp³-hybridized carbons (Fsp3) is 0.0333. The quantitative estimate of drug-likeness (QED) is 0.221. The summed E-state index contributed by atoms with van der Waals surface area (Å²) in [5, 5.41) is 15.0. The lowest BCUT2D eigenvalue weighted by Gasteiger charge is -2.12. The van der Waals surface area contributed by atoms with E-state index in [1.807, 2.05) is 90.6 Å². The number of pyridine rings is 2. The molecule has 40 heavy (non-hydrogen) atoms. The van der Waals surface area contributed by atoms with Crippen LogP contribution < -0.4 is 10.1 Å². The number of halogens is 1. The van der Waals surface area contributed by atoms with Crippen LogP contribution in [0.2, 0.25) is 5.02 Å². The number of benzene rings is 2. The fourth-order valence-electron chi connectivity index (χ4n) is 4.50. The monoisotopic (exact) mass is 561 g/mol. The predicted octanol–water partition coefficient (Wildman–Crippen LogP) is 7.89. The van der Waals surface area contributed by atoms with Gasteiger partial charge in [-0.05, 0) is 24.3 Å². The number of thiophene rings is 1. The van der Waals surface area contributed by atoms with Gasteiger partial charge in [-0.3, -0.25) is 4.98 Å². The van der Waals surface area contributed by atoms with Gasteiger partial charge in [0.1, 0.15) is 11.4 Å². The first-order valence-corrected chi connectivity index (χ1v) is 13.6. The molecule has 0 amide bonds.